The fourth-order valence-electron chi connectivity index (χ4n) is 2.56. The molecule has 0 saturated carbocycles. The van der Waals surface area contributed by atoms with Crippen molar-refractivity contribution in [2.45, 2.75) is 25.1 Å². The standard InChI is InChI=1S/C20H21N3O2S/c1-14-8-10-16(11-9-14)22-20-23(2)19(25)17(26-20)12-18(24)21-13-15-6-4-3-5-7-15/h3-11,17H,12-13H2,1-2H3,(H,21,24). The first-order valence-electron chi connectivity index (χ1n) is 8.43. The van der Waals surface area contributed by atoms with Crippen molar-refractivity contribution in [3.63, 3.8) is 0 Å². The second kappa shape index (κ2) is 8.19. The zero-order valence-corrected chi connectivity index (χ0v) is 15.6. The molecule has 2 aromatic rings. The third-order valence-corrected chi connectivity index (χ3v) is 5.33. The van der Waals surface area contributed by atoms with Gasteiger partial charge in [0.2, 0.25) is 11.8 Å². The Bertz CT molecular complexity index is 819. The highest BCUT2D eigenvalue weighted by Crippen LogP contribution is 2.30. The number of thioether (sulfide) groups is 1. The molecular weight excluding hydrogens is 346 g/mol. The quantitative estimate of drug-likeness (QED) is 0.882. The third kappa shape index (κ3) is 4.52. The molecule has 0 radical (unpaired) electrons. The van der Waals surface area contributed by atoms with Gasteiger partial charge in [-0.15, -0.1) is 0 Å². The highest BCUT2D eigenvalue weighted by atomic mass is 32.2. The Morgan fingerprint density at radius 3 is 2.54 bits per heavy atom. The topological polar surface area (TPSA) is 61.8 Å². The molecule has 1 N–H and O–H groups in total. The van der Waals surface area contributed by atoms with E-state index >= 15 is 0 Å². The van der Waals surface area contributed by atoms with Gasteiger partial charge in [-0.25, -0.2) is 4.99 Å². The highest BCUT2D eigenvalue weighted by Gasteiger charge is 2.36. The van der Waals surface area contributed by atoms with Gasteiger partial charge in [0.05, 0.1) is 5.69 Å². The number of hydrogen-bond acceptors (Lipinski definition) is 4. The summed E-state index contributed by atoms with van der Waals surface area (Å²) in [5, 5.41) is 3.06. The van der Waals surface area contributed by atoms with Crippen LogP contribution in [0, 0.1) is 6.92 Å². The van der Waals surface area contributed by atoms with E-state index in [1.165, 1.54) is 16.7 Å². The number of benzene rings is 2. The van der Waals surface area contributed by atoms with E-state index in [2.05, 4.69) is 10.3 Å². The number of aryl methyl sites for hydroxylation is 1. The van der Waals surface area contributed by atoms with E-state index in [0.29, 0.717) is 11.7 Å². The lowest BCUT2D eigenvalue weighted by atomic mass is 10.2. The zero-order chi connectivity index (χ0) is 18.5. The minimum atomic E-state index is -0.431. The Morgan fingerprint density at radius 1 is 1.15 bits per heavy atom. The maximum atomic E-state index is 12.4. The largest absolute Gasteiger partial charge is 0.352 e. The van der Waals surface area contributed by atoms with Gasteiger partial charge < -0.3 is 5.32 Å². The van der Waals surface area contributed by atoms with Gasteiger partial charge >= 0.3 is 0 Å². The molecule has 6 heteroatoms. The second-order valence-electron chi connectivity index (χ2n) is 6.20. The van der Waals surface area contributed by atoms with Gasteiger partial charge in [0.15, 0.2) is 5.17 Å². The van der Waals surface area contributed by atoms with E-state index < -0.39 is 5.25 Å². The molecule has 2 amide bonds. The lowest BCUT2D eigenvalue weighted by Crippen LogP contribution is -2.32. The van der Waals surface area contributed by atoms with Crippen LogP contribution in [-0.4, -0.2) is 34.2 Å². The van der Waals surface area contributed by atoms with Crippen molar-refractivity contribution >= 4 is 34.4 Å². The average molecular weight is 367 g/mol. The number of amides is 2. The molecule has 2 aromatic carbocycles. The molecule has 26 heavy (non-hydrogen) atoms. The first-order valence-corrected chi connectivity index (χ1v) is 9.31. The molecule has 1 saturated heterocycles. The van der Waals surface area contributed by atoms with Crippen molar-refractivity contribution in [3.05, 3.63) is 65.7 Å². The van der Waals surface area contributed by atoms with Gasteiger partial charge in [-0.05, 0) is 24.6 Å². The van der Waals surface area contributed by atoms with Crippen LogP contribution in [0.25, 0.3) is 0 Å². The molecule has 5 nitrogen and oxygen atoms in total. The summed E-state index contributed by atoms with van der Waals surface area (Å²) in [6.07, 6.45) is 0.146. The van der Waals surface area contributed by atoms with Gasteiger partial charge in [0.25, 0.3) is 0 Å². The molecular formula is C20H21N3O2S. The molecule has 1 heterocycles. The molecule has 0 spiro atoms. The van der Waals surface area contributed by atoms with E-state index in [1.807, 2.05) is 61.5 Å². The maximum Gasteiger partial charge on any atom is 0.242 e. The second-order valence-corrected chi connectivity index (χ2v) is 7.37. The summed E-state index contributed by atoms with van der Waals surface area (Å²) in [4.78, 5) is 30.7. The van der Waals surface area contributed by atoms with E-state index in [9.17, 15) is 9.59 Å². The summed E-state index contributed by atoms with van der Waals surface area (Å²) in [6.45, 7) is 2.48. The van der Waals surface area contributed by atoms with Crippen LogP contribution in [-0.2, 0) is 16.1 Å². The molecule has 0 aromatic heterocycles. The monoisotopic (exact) mass is 367 g/mol. The summed E-state index contributed by atoms with van der Waals surface area (Å²) in [7, 11) is 1.70. The Labute approximate surface area is 157 Å². The lowest BCUT2D eigenvalue weighted by Gasteiger charge is -2.09. The summed E-state index contributed by atoms with van der Waals surface area (Å²) in [5.41, 5.74) is 2.99. The maximum absolute atomic E-state index is 12.4. The minimum Gasteiger partial charge on any atom is -0.352 e. The Hall–Kier alpha value is -2.60. The average Bonchev–Trinajstić information content (AvgIpc) is 2.91. The number of nitrogens with one attached hydrogen (secondary N) is 1. The molecule has 1 aliphatic heterocycles. The van der Waals surface area contributed by atoms with Gasteiger partial charge in [-0.2, -0.15) is 0 Å². The number of carbonyl (C=O) groups excluding carboxylic acids is 2. The number of carbonyl (C=O) groups is 2. The van der Waals surface area contributed by atoms with Crippen LogP contribution in [0.3, 0.4) is 0 Å². The van der Waals surface area contributed by atoms with Crippen LogP contribution in [0.15, 0.2) is 59.6 Å². The van der Waals surface area contributed by atoms with Gasteiger partial charge in [-0.1, -0.05) is 59.8 Å². The minimum absolute atomic E-state index is 0.0873. The van der Waals surface area contributed by atoms with Crippen molar-refractivity contribution in [2.24, 2.45) is 4.99 Å². The van der Waals surface area contributed by atoms with Crippen molar-refractivity contribution in [1.82, 2.24) is 10.2 Å². The molecule has 1 aliphatic rings. The van der Waals surface area contributed by atoms with Crippen LogP contribution >= 0.6 is 11.8 Å². The SMILES string of the molecule is Cc1ccc(N=C2SC(CC(=O)NCc3ccccc3)C(=O)N2C)cc1. The lowest BCUT2D eigenvalue weighted by molar-refractivity contribution is -0.128. The van der Waals surface area contributed by atoms with Gasteiger partial charge in [-0.3, -0.25) is 14.5 Å². The number of aliphatic imine (C=N–C) groups is 1. The molecule has 1 atom stereocenters. The first-order chi connectivity index (χ1) is 12.5. The first kappa shape index (κ1) is 18.2. The molecule has 3 rings (SSSR count). The van der Waals surface area contributed by atoms with Crippen LogP contribution in [0.1, 0.15) is 17.5 Å². The molecule has 1 unspecified atom stereocenters. The van der Waals surface area contributed by atoms with Crippen LogP contribution in [0.5, 0.6) is 0 Å². The van der Waals surface area contributed by atoms with Crippen LogP contribution < -0.4 is 5.32 Å². The van der Waals surface area contributed by atoms with Crippen molar-refractivity contribution < 1.29 is 9.59 Å². The summed E-state index contributed by atoms with van der Waals surface area (Å²) in [6, 6.07) is 17.5. The van der Waals surface area contributed by atoms with Crippen molar-refractivity contribution in [3.8, 4) is 0 Å². The zero-order valence-electron chi connectivity index (χ0n) is 14.8. The van der Waals surface area contributed by atoms with Gasteiger partial charge in [0.1, 0.15) is 5.25 Å². The predicted molar refractivity (Wildman–Crippen MR) is 105 cm³/mol. The van der Waals surface area contributed by atoms with Crippen molar-refractivity contribution in [1.29, 1.82) is 0 Å². The predicted octanol–water partition coefficient (Wildman–Crippen LogP) is 3.26. The number of nitrogens with zero attached hydrogens (tertiary/aromatic N) is 2. The van der Waals surface area contributed by atoms with Crippen LogP contribution in [0.2, 0.25) is 0 Å². The van der Waals surface area contributed by atoms with Gasteiger partial charge in [0, 0.05) is 20.0 Å². The Kier molecular flexibility index (Phi) is 5.73. The smallest absolute Gasteiger partial charge is 0.242 e. The molecule has 1 fully saturated rings. The van der Waals surface area contributed by atoms with E-state index in [-0.39, 0.29) is 18.2 Å². The molecule has 0 aliphatic carbocycles. The fraction of sp³-hybridized carbons (Fsp3) is 0.250. The number of rotatable bonds is 5. The van der Waals surface area contributed by atoms with E-state index in [0.717, 1.165) is 16.8 Å². The van der Waals surface area contributed by atoms with E-state index in [4.69, 9.17) is 0 Å². The molecule has 0 bridgehead atoms. The Morgan fingerprint density at radius 2 is 1.85 bits per heavy atom. The Balaban J connectivity index is 1.59. The third-order valence-electron chi connectivity index (χ3n) is 4.10. The normalized spacial score (nSPS) is 18.4. The van der Waals surface area contributed by atoms with Crippen LogP contribution in [0.4, 0.5) is 5.69 Å². The highest BCUT2D eigenvalue weighted by molar-refractivity contribution is 8.15. The molecule has 134 valence electrons. The summed E-state index contributed by atoms with van der Waals surface area (Å²) >= 11 is 1.34. The summed E-state index contributed by atoms with van der Waals surface area (Å²) < 4.78 is 0. The van der Waals surface area contributed by atoms with E-state index in [1.54, 1.807) is 7.05 Å². The number of amidine groups is 1. The number of hydrogen-bond donors (Lipinski definition) is 1. The fourth-order valence-corrected chi connectivity index (χ4v) is 3.72. The summed E-state index contributed by atoms with van der Waals surface area (Å²) in [5.74, 6) is -0.222. The van der Waals surface area contributed by atoms with Crippen molar-refractivity contribution in [2.75, 3.05) is 7.05 Å².